The lowest BCUT2D eigenvalue weighted by atomic mass is 9.83. The van der Waals surface area contributed by atoms with Gasteiger partial charge in [0.1, 0.15) is 23.5 Å². The maximum atomic E-state index is 14.9. The summed E-state index contributed by atoms with van der Waals surface area (Å²) in [5.74, 6) is -0.356. The quantitative estimate of drug-likeness (QED) is 0.449. The Labute approximate surface area is 209 Å². The molecule has 36 heavy (non-hydrogen) atoms. The number of aliphatic imine (C=N–C) groups is 1. The van der Waals surface area contributed by atoms with E-state index in [0.29, 0.717) is 17.2 Å². The summed E-state index contributed by atoms with van der Waals surface area (Å²) >= 11 is 0.775. The zero-order valence-corrected chi connectivity index (χ0v) is 20.5. The number of hydrogen-bond acceptors (Lipinski definition) is 8. The van der Waals surface area contributed by atoms with E-state index in [-0.39, 0.29) is 35.1 Å². The van der Waals surface area contributed by atoms with E-state index in [1.165, 1.54) is 37.7 Å². The van der Waals surface area contributed by atoms with Gasteiger partial charge in [0.25, 0.3) is 12.3 Å². The largest absolute Gasteiger partial charge is 0.482 e. The van der Waals surface area contributed by atoms with E-state index in [1.54, 1.807) is 19.9 Å². The molecule has 0 saturated heterocycles. The first-order valence-corrected chi connectivity index (χ1v) is 11.7. The monoisotopic (exact) mass is 519 g/mol. The van der Waals surface area contributed by atoms with Crippen LogP contribution in [0.4, 0.5) is 18.9 Å². The van der Waals surface area contributed by atoms with Gasteiger partial charge in [0, 0.05) is 11.3 Å². The predicted molar refractivity (Wildman–Crippen MR) is 130 cm³/mol. The molecule has 0 radical (unpaired) electrons. The first-order valence-electron chi connectivity index (χ1n) is 10.9. The number of carbonyl (C=O) groups is 1. The molecule has 1 aromatic carbocycles. The highest BCUT2D eigenvalue weighted by Crippen LogP contribution is 2.48. The van der Waals surface area contributed by atoms with E-state index in [2.05, 4.69) is 20.3 Å². The summed E-state index contributed by atoms with van der Waals surface area (Å²) in [5, 5.41) is 2.63. The third-order valence-electron chi connectivity index (χ3n) is 5.77. The van der Waals surface area contributed by atoms with Crippen LogP contribution in [0.15, 0.2) is 52.3 Å². The summed E-state index contributed by atoms with van der Waals surface area (Å²) in [4.78, 5) is 25.3. The number of benzene rings is 1. The van der Waals surface area contributed by atoms with Gasteiger partial charge in [-0.05, 0) is 57.0 Å². The Morgan fingerprint density at radius 3 is 2.75 bits per heavy atom. The summed E-state index contributed by atoms with van der Waals surface area (Å²) in [7, 11) is 0. The van der Waals surface area contributed by atoms with Crippen molar-refractivity contribution < 1.29 is 27.1 Å². The van der Waals surface area contributed by atoms with Crippen molar-refractivity contribution in [2.75, 3.05) is 5.32 Å². The molecule has 0 aliphatic carbocycles. The number of ether oxygens (including phenoxy) is 1. The standard InChI is InChI=1S/C24H24F3N5O3S/c1-13-8-15(35-11-18-29-6-7-34-18)10-30-19(13)20(33)31-14-4-5-17(25)16(9-14)23(2)12-24(3,21(26)27)36-22(28)32-23/h4-10,21H,11-12H2,1-3H3,(H2,28,32)(H,31,33)/t23-,24+/m0/s1. The van der Waals surface area contributed by atoms with Gasteiger partial charge in [-0.15, -0.1) is 0 Å². The minimum Gasteiger partial charge on any atom is -0.482 e. The Bertz CT molecular complexity index is 1300. The van der Waals surface area contributed by atoms with Crippen LogP contribution < -0.4 is 15.8 Å². The molecule has 3 heterocycles. The van der Waals surface area contributed by atoms with Crippen molar-refractivity contribution in [3.8, 4) is 5.75 Å². The number of amidine groups is 1. The van der Waals surface area contributed by atoms with Gasteiger partial charge in [0.15, 0.2) is 11.8 Å². The van der Waals surface area contributed by atoms with Gasteiger partial charge < -0.3 is 20.2 Å². The number of anilines is 1. The van der Waals surface area contributed by atoms with Crippen molar-refractivity contribution in [2.45, 2.75) is 50.5 Å². The van der Waals surface area contributed by atoms with Gasteiger partial charge in [-0.1, -0.05) is 11.8 Å². The lowest BCUT2D eigenvalue weighted by molar-refractivity contribution is 0.0893. The molecule has 8 nitrogen and oxygen atoms in total. The highest BCUT2D eigenvalue weighted by atomic mass is 32.2. The third-order valence-corrected chi connectivity index (χ3v) is 6.86. The van der Waals surface area contributed by atoms with Crippen molar-refractivity contribution in [3.05, 3.63) is 71.5 Å². The fourth-order valence-electron chi connectivity index (χ4n) is 4.08. The summed E-state index contributed by atoms with van der Waals surface area (Å²) < 4.78 is 51.5. The number of aryl methyl sites for hydroxylation is 1. The molecule has 0 unspecified atom stereocenters. The van der Waals surface area contributed by atoms with E-state index in [0.717, 1.165) is 17.8 Å². The number of nitrogens with two attached hydrogens (primary N) is 1. The number of pyridine rings is 1. The van der Waals surface area contributed by atoms with Gasteiger partial charge in [-0.25, -0.2) is 23.1 Å². The maximum Gasteiger partial charge on any atom is 0.274 e. The van der Waals surface area contributed by atoms with E-state index in [1.807, 2.05) is 0 Å². The van der Waals surface area contributed by atoms with Crippen molar-refractivity contribution in [1.82, 2.24) is 9.97 Å². The number of nitrogens with one attached hydrogen (secondary N) is 1. The average Bonchev–Trinajstić information content (AvgIpc) is 3.31. The minimum atomic E-state index is -2.70. The van der Waals surface area contributed by atoms with Crippen molar-refractivity contribution in [2.24, 2.45) is 10.7 Å². The highest BCUT2D eigenvalue weighted by Gasteiger charge is 2.48. The van der Waals surface area contributed by atoms with Crippen molar-refractivity contribution >= 4 is 28.5 Å². The van der Waals surface area contributed by atoms with Crippen molar-refractivity contribution in [3.63, 3.8) is 0 Å². The number of nitrogens with zero attached hydrogens (tertiary/aromatic N) is 3. The van der Waals surface area contributed by atoms with Gasteiger partial charge in [0.05, 0.1) is 22.7 Å². The lowest BCUT2D eigenvalue weighted by Gasteiger charge is -2.40. The molecule has 1 aliphatic rings. The normalized spacial score (nSPS) is 21.8. The smallest absolute Gasteiger partial charge is 0.274 e. The van der Waals surface area contributed by atoms with E-state index in [9.17, 15) is 18.0 Å². The average molecular weight is 520 g/mol. The van der Waals surface area contributed by atoms with Crippen LogP contribution in [0.25, 0.3) is 0 Å². The second-order valence-corrected chi connectivity index (χ2v) is 10.4. The summed E-state index contributed by atoms with van der Waals surface area (Å²) in [6.07, 6.45) is 1.49. The highest BCUT2D eigenvalue weighted by molar-refractivity contribution is 8.15. The number of thioether (sulfide) groups is 1. The molecular formula is C24H24F3N5O3S. The number of amides is 1. The zero-order chi connectivity index (χ0) is 26.1. The number of oxazole rings is 1. The molecule has 2 atom stereocenters. The minimum absolute atomic E-state index is 0.0506. The van der Waals surface area contributed by atoms with E-state index < -0.39 is 28.4 Å². The number of rotatable bonds is 7. The Kier molecular flexibility index (Phi) is 6.98. The molecule has 0 bridgehead atoms. The molecule has 1 amide bonds. The van der Waals surface area contributed by atoms with Gasteiger partial charge in [-0.2, -0.15) is 0 Å². The second-order valence-electron chi connectivity index (χ2n) is 8.82. The summed E-state index contributed by atoms with van der Waals surface area (Å²) in [6.45, 7) is 4.72. The summed E-state index contributed by atoms with van der Waals surface area (Å²) in [6, 6.07) is 5.56. The Hall–Kier alpha value is -3.54. The Balaban J connectivity index is 1.53. The SMILES string of the molecule is Cc1cc(OCc2ncco2)cnc1C(=O)Nc1ccc(F)c([C@]2(C)C[C@](C)(C(F)F)SC(N)=N2)c1. The summed E-state index contributed by atoms with van der Waals surface area (Å²) in [5.41, 5.74) is 5.49. The third kappa shape index (κ3) is 5.32. The maximum absolute atomic E-state index is 14.9. The Morgan fingerprint density at radius 1 is 1.31 bits per heavy atom. The first-order chi connectivity index (χ1) is 17.0. The van der Waals surface area contributed by atoms with Crippen LogP contribution in [-0.4, -0.2) is 32.2 Å². The van der Waals surface area contributed by atoms with Gasteiger partial charge in [0.2, 0.25) is 5.89 Å². The number of alkyl halides is 2. The first kappa shape index (κ1) is 25.5. The molecule has 2 aromatic heterocycles. The van der Waals surface area contributed by atoms with E-state index in [4.69, 9.17) is 14.9 Å². The number of halogens is 3. The van der Waals surface area contributed by atoms with Crippen molar-refractivity contribution in [1.29, 1.82) is 0 Å². The number of aromatic nitrogens is 2. The lowest BCUT2D eigenvalue weighted by Crippen LogP contribution is -2.44. The molecule has 3 N–H and O–H groups in total. The van der Waals surface area contributed by atoms with Gasteiger partial charge >= 0.3 is 0 Å². The van der Waals surface area contributed by atoms with Crippen LogP contribution in [0.3, 0.4) is 0 Å². The van der Waals surface area contributed by atoms with Crippen LogP contribution in [0.1, 0.15) is 47.8 Å². The number of hydrogen-bond donors (Lipinski definition) is 2. The van der Waals surface area contributed by atoms with Crippen LogP contribution in [0, 0.1) is 12.7 Å². The van der Waals surface area contributed by atoms with E-state index >= 15 is 0 Å². The van der Waals surface area contributed by atoms with Crippen LogP contribution in [0.2, 0.25) is 0 Å². The topological polar surface area (TPSA) is 116 Å². The fraction of sp³-hybridized carbons (Fsp3) is 0.333. The van der Waals surface area contributed by atoms with Gasteiger partial charge in [-0.3, -0.25) is 9.79 Å². The molecule has 190 valence electrons. The molecule has 0 saturated carbocycles. The van der Waals surface area contributed by atoms with Crippen LogP contribution in [-0.2, 0) is 12.1 Å². The molecule has 1 aliphatic heterocycles. The molecule has 0 spiro atoms. The fourth-order valence-corrected chi connectivity index (χ4v) is 5.25. The number of carbonyl (C=O) groups excluding carboxylic acids is 1. The zero-order valence-electron chi connectivity index (χ0n) is 19.7. The van der Waals surface area contributed by atoms with Crippen LogP contribution >= 0.6 is 11.8 Å². The predicted octanol–water partition coefficient (Wildman–Crippen LogP) is 5.04. The van der Waals surface area contributed by atoms with Crippen LogP contribution in [0.5, 0.6) is 5.75 Å². The second kappa shape index (κ2) is 9.84. The molecule has 3 aromatic rings. The molecule has 0 fully saturated rings. The molecule has 12 heteroatoms. The molecule has 4 rings (SSSR count). The molecular weight excluding hydrogens is 495 g/mol. The Morgan fingerprint density at radius 2 is 2.08 bits per heavy atom.